The van der Waals surface area contributed by atoms with Crippen LogP contribution in [0.5, 0.6) is 0 Å². The van der Waals surface area contributed by atoms with Crippen molar-refractivity contribution in [3.05, 3.63) is 48.0 Å². The Bertz CT molecular complexity index is 794. The van der Waals surface area contributed by atoms with E-state index in [0.717, 1.165) is 22.6 Å². The van der Waals surface area contributed by atoms with Crippen molar-refractivity contribution in [1.29, 1.82) is 0 Å². The van der Waals surface area contributed by atoms with Crippen LogP contribution in [-0.2, 0) is 16.0 Å². The molecule has 0 spiro atoms. The Kier molecular flexibility index (Phi) is 4.00. The number of ether oxygens (including phenoxy) is 1. The highest BCUT2D eigenvalue weighted by molar-refractivity contribution is 5.78. The Hall–Kier alpha value is -2.67. The lowest BCUT2D eigenvalue weighted by Gasteiger charge is -2.35. The van der Waals surface area contributed by atoms with Crippen molar-refractivity contribution >= 4 is 16.9 Å². The van der Waals surface area contributed by atoms with Crippen molar-refractivity contribution in [1.82, 2.24) is 25.1 Å². The number of nitrogens with one attached hydrogen (secondary N) is 2. The number of para-hydroxylation sites is 2. The van der Waals surface area contributed by atoms with Crippen molar-refractivity contribution in [3.63, 3.8) is 0 Å². The van der Waals surface area contributed by atoms with Crippen LogP contribution >= 0.6 is 0 Å². The molecule has 3 heterocycles. The lowest BCUT2D eigenvalue weighted by molar-refractivity contribution is -0.140. The number of carbonyl (C=O) groups is 1. The second-order valence-electron chi connectivity index (χ2n) is 5.89. The van der Waals surface area contributed by atoms with E-state index in [0.29, 0.717) is 32.6 Å². The number of morpholine rings is 1. The molecular weight excluding hydrogens is 306 g/mol. The summed E-state index contributed by atoms with van der Waals surface area (Å²) in [6, 6.07) is 9.68. The molecule has 4 rings (SSSR count). The summed E-state index contributed by atoms with van der Waals surface area (Å²) < 4.78 is 5.53. The van der Waals surface area contributed by atoms with Crippen LogP contribution in [0.3, 0.4) is 0 Å². The van der Waals surface area contributed by atoms with Gasteiger partial charge in [0.15, 0.2) is 0 Å². The zero-order valence-electron chi connectivity index (χ0n) is 13.2. The van der Waals surface area contributed by atoms with Crippen LogP contribution in [0, 0.1) is 0 Å². The number of aromatic nitrogens is 4. The van der Waals surface area contributed by atoms with E-state index in [2.05, 4.69) is 20.2 Å². The topological polar surface area (TPSA) is 86.9 Å². The minimum atomic E-state index is -0.0931. The smallest absolute Gasteiger partial charge is 0.223 e. The van der Waals surface area contributed by atoms with Gasteiger partial charge >= 0.3 is 0 Å². The maximum absolute atomic E-state index is 12.7. The molecule has 0 bridgehead atoms. The van der Waals surface area contributed by atoms with Gasteiger partial charge in [-0.1, -0.05) is 12.1 Å². The van der Waals surface area contributed by atoms with E-state index in [1.807, 2.05) is 35.2 Å². The van der Waals surface area contributed by atoms with Crippen molar-refractivity contribution < 1.29 is 9.53 Å². The molecule has 0 radical (unpaired) electrons. The Balaban J connectivity index is 1.44. The van der Waals surface area contributed by atoms with Gasteiger partial charge in [-0.3, -0.25) is 9.89 Å². The molecule has 1 aliphatic rings. The van der Waals surface area contributed by atoms with Crippen LogP contribution in [0.15, 0.2) is 36.5 Å². The van der Waals surface area contributed by atoms with E-state index in [1.54, 1.807) is 6.20 Å². The molecule has 24 heavy (non-hydrogen) atoms. The Labute approximate surface area is 139 Å². The summed E-state index contributed by atoms with van der Waals surface area (Å²) in [6.45, 7) is 1.67. The van der Waals surface area contributed by atoms with Crippen LogP contribution in [0.4, 0.5) is 0 Å². The van der Waals surface area contributed by atoms with Crippen molar-refractivity contribution in [2.24, 2.45) is 0 Å². The summed E-state index contributed by atoms with van der Waals surface area (Å²) in [6.07, 6.45) is 2.71. The number of H-pyrrole nitrogens is 2. The highest BCUT2D eigenvalue weighted by atomic mass is 16.5. The summed E-state index contributed by atoms with van der Waals surface area (Å²) in [5.41, 5.74) is 2.84. The first-order valence-corrected chi connectivity index (χ1v) is 8.11. The summed E-state index contributed by atoms with van der Waals surface area (Å²) in [5.74, 6) is 0.953. The van der Waals surface area contributed by atoms with Crippen LogP contribution in [0.25, 0.3) is 11.0 Å². The molecule has 1 aliphatic heterocycles. The Morgan fingerprint density at radius 2 is 2.25 bits per heavy atom. The minimum Gasteiger partial charge on any atom is -0.377 e. The second-order valence-corrected chi connectivity index (χ2v) is 5.89. The highest BCUT2D eigenvalue weighted by Gasteiger charge is 2.29. The molecule has 2 N–H and O–H groups in total. The van der Waals surface area contributed by atoms with Gasteiger partial charge in [0.2, 0.25) is 5.91 Å². The van der Waals surface area contributed by atoms with E-state index < -0.39 is 0 Å². The fourth-order valence-corrected chi connectivity index (χ4v) is 3.11. The van der Waals surface area contributed by atoms with Gasteiger partial charge in [-0.2, -0.15) is 5.10 Å². The predicted octanol–water partition coefficient (Wildman–Crippen LogP) is 1.82. The Morgan fingerprint density at radius 1 is 1.33 bits per heavy atom. The fourth-order valence-electron chi connectivity index (χ4n) is 3.11. The minimum absolute atomic E-state index is 0.0931. The number of hydrogen-bond donors (Lipinski definition) is 2. The summed E-state index contributed by atoms with van der Waals surface area (Å²) in [4.78, 5) is 22.4. The average molecular weight is 325 g/mol. The van der Waals surface area contributed by atoms with E-state index in [1.165, 1.54) is 0 Å². The van der Waals surface area contributed by atoms with Gasteiger partial charge in [-0.05, 0) is 18.2 Å². The van der Waals surface area contributed by atoms with Gasteiger partial charge < -0.3 is 14.6 Å². The molecular formula is C17H19N5O2. The molecule has 1 unspecified atom stereocenters. The first-order valence-electron chi connectivity index (χ1n) is 8.11. The van der Waals surface area contributed by atoms with E-state index >= 15 is 0 Å². The molecule has 1 saturated heterocycles. The first-order chi connectivity index (χ1) is 11.8. The normalized spacial score (nSPS) is 18.2. The third-order valence-corrected chi connectivity index (χ3v) is 4.34. The average Bonchev–Trinajstić information content (AvgIpc) is 3.28. The third-order valence-electron chi connectivity index (χ3n) is 4.34. The zero-order chi connectivity index (χ0) is 16.4. The number of benzene rings is 1. The zero-order valence-corrected chi connectivity index (χ0v) is 13.2. The van der Waals surface area contributed by atoms with E-state index in [4.69, 9.17) is 4.74 Å². The SMILES string of the molecule is O=C(CCc1nc2ccccc2[nH]1)N1CCOCC1c1ccn[nH]1. The number of aromatic amines is 2. The lowest BCUT2D eigenvalue weighted by atomic mass is 10.1. The number of aryl methyl sites for hydroxylation is 1. The number of imidazole rings is 1. The highest BCUT2D eigenvalue weighted by Crippen LogP contribution is 2.23. The summed E-state index contributed by atoms with van der Waals surface area (Å²) >= 11 is 0. The van der Waals surface area contributed by atoms with Crippen LogP contribution in [0.2, 0.25) is 0 Å². The summed E-state index contributed by atoms with van der Waals surface area (Å²) in [5, 5.41) is 6.92. The number of hydrogen-bond acceptors (Lipinski definition) is 4. The number of carbonyl (C=O) groups excluding carboxylic acids is 1. The molecule has 1 atom stereocenters. The molecule has 7 heteroatoms. The Morgan fingerprint density at radius 3 is 3.08 bits per heavy atom. The maximum atomic E-state index is 12.7. The second kappa shape index (κ2) is 6.45. The van der Waals surface area contributed by atoms with Crippen LogP contribution in [-0.4, -0.2) is 50.7 Å². The van der Waals surface area contributed by atoms with Crippen LogP contribution < -0.4 is 0 Å². The molecule has 1 fully saturated rings. The van der Waals surface area contributed by atoms with Crippen molar-refractivity contribution in [2.75, 3.05) is 19.8 Å². The third kappa shape index (κ3) is 2.90. The standard InChI is InChI=1S/C17H19N5O2/c23-17(6-5-16-19-12-3-1-2-4-13(12)20-16)22-9-10-24-11-15(22)14-7-8-18-21-14/h1-4,7-8,15H,5-6,9-11H2,(H,18,21)(H,19,20). The van der Waals surface area contributed by atoms with Gasteiger partial charge in [-0.25, -0.2) is 4.98 Å². The monoisotopic (exact) mass is 325 g/mol. The van der Waals surface area contributed by atoms with E-state index in [9.17, 15) is 4.79 Å². The van der Waals surface area contributed by atoms with Gasteiger partial charge in [-0.15, -0.1) is 0 Å². The molecule has 1 aromatic carbocycles. The number of amides is 1. The maximum Gasteiger partial charge on any atom is 0.223 e. The fraction of sp³-hybridized carbons (Fsp3) is 0.353. The molecule has 3 aromatic rings. The van der Waals surface area contributed by atoms with E-state index in [-0.39, 0.29) is 11.9 Å². The summed E-state index contributed by atoms with van der Waals surface area (Å²) in [7, 11) is 0. The van der Waals surface area contributed by atoms with Crippen LogP contribution in [0.1, 0.15) is 24.0 Å². The molecule has 7 nitrogen and oxygen atoms in total. The molecule has 2 aromatic heterocycles. The lowest BCUT2D eigenvalue weighted by Crippen LogP contribution is -2.43. The molecule has 0 saturated carbocycles. The molecule has 124 valence electrons. The van der Waals surface area contributed by atoms with Gasteiger partial charge in [0.25, 0.3) is 0 Å². The molecule has 0 aliphatic carbocycles. The number of nitrogens with zero attached hydrogens (tertiary/aromatic N) is 3. The number of rotatable bonds is 4. The first kappa shape index (κ1) is 14.9. The quantitative estimate of drug-likeness (QED) is 0.766. The number of fused-ring (bicyclic) bond motifs is 1. The largest absolute Gasteiger partial charge is 0.377 e. The predicted molar refractivity (Wildman–Crippen MR) is 88.3 cm³/mol. The molecule has 1 amide bonds. The van der Waals surface area contributed by atoms with Gasteiger partial charge in [0.05, 0.1) is 36.0 Å². The van der Waals surface area contributed by atoms with Crippen molar-refractivity contribution in [3.8, 4) is 0 Å². The van der Waals surface area contributed by atoms with Gasteiger partial charge in [0.1, 0.15) is 5.82 Å². The van der Waals surface area contributed by atoms with Crippen molar-refractivity contribution in [2.45, 2.75) is 18.9 Å². The van der Waals surface area contributed by atoms with Gasteiger partial charge in [0, 0.05) is 25.6 Å².